The fraction of sp³-hybridized carbons (Fsp3) is 0.364. The van der Waals surface area contributed by atoms with Gasteiger partial charge < -0.3 is 15.2 Å². The molecule has 0 spiro atoms. The number of carboxylic acids is 1. The number of carbonyl (C=O) groups is 1. The van der Waals surface area contributed by atoms with Gasteiger partial charge in [0, 0.05) is 23.0 Å². The Balaban J connectivity index is 2.29. The third kappa shape index (κ3) is 4.84. The van der Waals surface area contributed by atoms with Crippen molar-refractivity contribution in [3.05, 3.63) is 33.8 Å². The van der Waals surface area contributed by atoms with Crippen LogP contribution in [-0.2, 0) is 11.3 Å². The quantitative estimate of drug-likeness (QED) is 0.763. The smallest absolute Gasteiger partial charge is 0.103 e. The molecular weight excluding hydrogens is 249 g/mol. The summed E-state index contributed by atoms with van der Waals surface area (Å²) in [6.07, 6.45) is 0.707. The molecule has 5 heteroatoms. The van der Waals surface area contributed by atoms with Gasteiger partial charge in [-0.15, -0.1) is 0 Å². The minimum atomic E-state index is -1.00. The zero-order valence-electron chi connectivity index (χ0n) is 8.71. The van der Waals surface area contributed by atoms with E-state index in [-0.39, 0.29) is 6.42 Å². The highest BCUT2D eigenvalue weighted by Gasteiger charge is 2.02. The van der Waals surface area contributed by atoms with E-state index in [1.54, 1.807) is 12.1 Å². The second-order valence-electron chi connectivity index (χ2n) is 3.49. The summed E-state index contributed by atoms with van der Waals surface area (Å²) in [7, 11) is 0. The van der Waals surface area contributed by atoms with E-state index >= 15 is 0 Å². The predicted octanol–water partition coefficient (Wildman–Crippen LogP) is 0.587. The minimum absolute atomic E-state index is 0.102. The Labute approximate surface area is 104 Å². The number of aliphatic carboxylic acids is 1. The average Bonchev–Trinajstić information content (AvgIpc) is 2.20. The molecule has 2 N–H and O–H groups in total. The Hall–Kier alpha value is -0.770. The number of carboxylic acid groups (broad SMARTS) is 1. The molecule has 0 saturated heterocycles. The normalized spacial score (nSPS) is 10.4. The SMILES string of the molecule is O=C([O-])CCC[NH2+]Cc1ccc(Cl)cc1Cl. The first-order chi connectivity index (χ1) is 7.59. The summed E-state index contributed by atoms with van der Waals surface area (Å²) in [6.45, 7) is 1.47. The van der Waals surface area contributed by atoms with Gasteiger partial charge in [-0.05, 0) is 18.6 Å². The largest absolute Gasteiger partial charge is 0.550 e. The second-order valence-corrected chi connectivity index (χ2v) is 4.34. The summed E-state index contributed by atoms with van der Waals surface area (Å²) in [4.78, 5) is 10.2. The molecule has 0 aromatic heterocycles. The third-order valence-corrected chi connectivity index (χ3v) is 2.76. The van der Waals surface area contributed by atoms with Crippen LogP contribution >= 0.6 is 23.2 Å². The van der Waals surface area contributed by atoms with Gasteiger partial charge >= 0.3 is 0 Å². The Kier molecular flexibility index (Phi) is 5.60. The van der Waals surface area contributed by atoms with E-state index in [0.717, 1.165) is 18.7 Å². The first-order valence-electron chi connectivity index (χ1n) is 5.05. The number of carbonyl (C=O) groups excluding carboxylic acids is 1. The van der Waals surface area contributed by atoms with E-state index in [4.69, 9.17) is 23.2 Å². The molecule has 1 rings (SSSR count). The van der Waals surface area contributed by atoms with Crippen molar-refractivity contribution >= 4 is 29.2 Å². The van der Waals surface area contributed by atoms with Crippen molar-refractivity contribution in [1.82, 2.24) is 0 Å². The lowest BCUT2D eigenvalue weighted by Crippen LogP contribution is -2.82. The number of nitrogens with two attached hydrogens (primary N) is 1. The molecule has 0 amide bonds. The fourth-order valence-electron chi connectivity index (χ4n) is 1.34. The highest BCUT2D eigenvalue weighted by molar-refractivity contribution is 6.35. The molecule has 0 aliphatic heterocycles. The van der Waals surface area contributed by atoms with Gasteiger partial charge in [0.25, 0.3) is 0 Å². The van der Waals surface area contributed by atoms with Gasteiger partial charge in [-0.25, -0.2) is 0 Å². The molecule has 0 saturated carbocycles. The van der Waals surface area contributed by atoms with Crippen molar-refractivity contribution in [2.45, 2.75) is 19.4 Å². The molecule has 0 aliphatic rings. The molecule has 0 bridgehead atoms. The molecule has 16 heavy (non-hydrogen) atoms. The van der Waals surface area contributed by atoms with Crippen LogP contribution in [0.1, 0.15) is 18.4 Å². The summed E-state index contributed by atoms with van der Waals surface area (Å²) in [5.41, 5.74) is 1.000. The van der Waals surface area contributed by atoms with Crippen LogP contribution in [0.4, 0.5) is 0 Å². The van der Waals surface area contributed by atoms with Crippen LogP contribution in [0.2, 0.25) is 10.0 Å². The van der Waals surface area contributed by atoms with E-state index in [1.807, 2.05) is 11.4 Å². The number of hydrogen-bond acceptors (Lipinski definition) is 2. The molecular formula is C11H13Cl2NO2. The Morgan fingerprint density at radius 3 is 2.75 bits per heavy atom. The van der Waals surface area contributed by atoms with Gasteiger partial charge in [0.15, 0.2) is 0 Å². The summed E-state index contributed by atoms with van der Waals surface area (Å²) >= 11 is 11.8. The zero-order valence-corrected chi connectivity index (χ0v) is 10.2. The molecule has 0 radical (unpaired) electrons. The lowest BCUT2D eigenvalue weighted by Gasteiger charge is -2.05. The number of rotatable bonds is 6. The fourth-order valence-corrected chi connectivity index (χ4v) is 1.82. The maximum atomic E-state index is 10.2. The second kappa shape index (κ2) is 6.74. The van der Waals surface area contributed by atoms with Crippen molar-refractivity contribution in [2.75, 3.05) is 6.54 Å². The number of hydrogen-bond donors (Lipinski definition) is 1. The van der Waals surface area contributed by atoms with Gasteiger partial charge in [-0.1, -0.05) is 29.3 Å². The Morgan fingerprint density at radius 2 is 2.12 bits per heavy atom. The van der Waals surface area contributed by atoms with Crippen LogP contribution in [0.15, 0.2) is 18.2 Å². The molecule has 0 unspecified atom stereocenters. The maximum Gasteiger partial charge on any atom is 0.103 e. The summed E-state index contributed by atoms with van der Waals surface area (Å²) in [5.74, 6) is -1.00. The summed E-state index contributed by atoms with van der Waals surface area (Å²) in [6, 6.07) is 5.37. The van der Waals surface area contributed by atoms with Crippen LogP contribution < -0.4 is 10.4 Å². The van der Waals surface area contributed by atoms with Gasteiger partial charge in [-0.2, -0.15) is 0 Å². The van der Waals surface area contributed by atoms with Crippen LogP contribution in [-0.4, -0.2) is 12.5 Å². The Morgan fingerprint density at radius 1 is 1.38 bits per heavy atom. The van der Waals surface area contributed by atoms with Crippen LogP contribution in [0.3, 0.4) is 0 Å². The van der Waals surface area contributed by atoms with Crippen LogP contribution in [0.25, 0.3) is 0 Å². The molecule has 3 nitrogen and oxygen atoms in total. The molecule has 0 heterocycles. The molecule has 1 aromatic rings. The van der Waals surface area contributed by atoms with Crippen LogP contribution in [0.5, 0.6) is 0 Å². The molecule has 0 atom stereocenters. The summed E-state index contributed by atoms with van der Waals surface area (Å²) < 4.78 is 0. The number of quaternary nitrogens is 1. The predicted molar refractivity (Wildman–Crippen MR) is 61.2 cm³/mol. The summed E-state index contributed by atoms with van der Waals surface area (Å²) in [5, 5.41) is 13.4. The average molecular weight is 262 g/mol. The first-order valence-corrected chi connectivity index (χ1v) is 5.80. The number of benzene rings is 1. The topological polar surface area (TPSA) is 56.7 Å². The lowest BCUT2D eigenvalue weighted by molar-refractivity contribution is -0.670. The third-order valence-electron chi connectivity index (χ3n) is 2.17. The van der Waals surface area contributed by atoms with Gasteiger partial charge in [0.1, 0.15) is 6.54 Å². The van der Waals surface area contributed by atoms with Crippen molar-refractivity contribution in [1.29, 1.82) is 0 Å². The highest BCUT2D eigenvalue weighted by atomic mass is 35.5. The molecule has 1 aromatic carbocycles. The first kappa shape index (κ1) is 13.3. The lowest BCUT2D eigenvalue weighted by atomic mass is 10.2. The van der Waals surface area contributed by atoms with Crippen molar-refractivity contribution in [2.24, 2.45) is 0 Å². The number of halogens is 2. The van der Waals surface area contributed by atoms with E-state index in [9.17, 15) is 9.90 Å². The monoisotopic (exact) mass is 261 g/mol. The van der Waals surface area contributed by atoms with Crippen LogP contribution in [0, 0.1) is 0 Å². The van der Waals surface area contributed by atoms with Crippen molar-refractivity contribution in [3.8, 4) is 0 Å². The molecule has 88 valence electrons. The van der Waals surface area contributed by atoms with Gasteiger partial charge in [0.05, 0.1) is 11.6 Å². The molecule has 0 fully saturated rings. The zero-order chi connectivity index (χ0) is 12.0. The Bertz CT molecular complexity index is 369. The molecule has 0 aliphatic carbocycles. The standard InChI is InChI=1S/C11H13Cl2NO2/c12-9-4-3-8(10(13)6-9)7-14-5-1-2-11(15)16/h3-4,6,14H,1-2,5,7H2,(H,15,16). The van der Waals surface area contributed by atoms with E-state index in [1.165, 1.54) is 0 Å². The van der Waals surface area contributed by atoms with E-state index in [0.29, 0.717) is 16.5 Å². The van der Waals surface area contributed by atoms with Crippen molar-refractivity contribution < 1.29 is 15.2 Å². The minimum Gasteiger partial charge on any atom is -0.550 e. The maximum absolute atomic E-state index is 10.2. The van der Waals surface area contributed by atoms with Gasteiger partial charge in [0.2, 0.25) is 0 Å². The van der Waals surface area contributed by atoms with E-state index < -0.39 is 5.97 Å². The van der Waals surface area contributed by atoms with Gasteiger partial charge in [-0.3, -0.25) is 0 Å². The van der Waals surface area contributed by atoms with E-state index in [2.05, 4.69) is 0 Å². The van der Waals surface area contributed by atoms with Crippen molar-refractivity contribution in [3.63, 3.8) is 0 Å². The highest BCUT2D eigenvalue weighted by Crippen LogP contribution is 2.19.